The van der Waals surface area contributed by atoms with Gasteiger partial charge in [0.25, 0.3) is 0 Å². The molecule has 1 atom stereocenters. The number of ether oxygens (including phenoxy) is 2. The van der Waals surface area contributed by atoms with Crippen LogP contribution in [-0.2, 0) is 14.3 Å². The number of imide groups is 1. The minimum atomic E-state index is -1.13. The summed E-state index contributed by atoms with van der Waals surface area (Å²) in [6.45, 7) is 2.22. The lowest BCUT2D eigenvalue weighted by atomic mass is 9.89. The van der Waals surface area contributed by atoms with Crippen LogP contribution >= 0.6 is 11.6 Å². The first-order valence-corrected chi connectivity index (χ1v) is 10.9. The van der Waals surface area contributed by atoms with E-state index in [0.29, 0.717) is 10.7 Å². The molecule has 8 nitrogen and oxygen atoms in total. The van der Waals surface area contributed by atoms with Crippen LogP contribution in [0.2, 0.25) is 5.02 Å². The van der Waals surface area contributed by atoms with E-state index in [4.69, 9.17) is 21.1 Å². The van der Waals surface area contributed by atoms with Gasteiger partial charge in [-0.15, -0.1) is 0 Å². The Balaban J connectivity index is 1.43. The normalized spacial score (nSPS) is 18.3. The molecule has 0 saturated carbocycles. The molecule has 180 valence electrons. The first kappa shape index (κ1) is 23.7. The molecule has 3 amide bonds. The van der Waals surface area contributed by atoms with Gasteiger partial charge >= 0.3 is 6.09 Å². The maximum Gasteiger partial charge on any atom is 0.412 e. The maximum atomic E-state index is 15.2. The predicted molar refractivity (Wildman–Crippen MR) is 120 cm³/mol. The number of piperidine rings is 1. The fourth-order valence-electron chi connectivity index (χ4n) is 4.00. The van der Waals surface area contributed by atoms with E-state index < -0.39 is 47.1 Å². The zero-order valence-electron chi connectivity index (χ0n) is 18.4. The van der Waals surface area contributed by atoms with Crippen LogP contribution in [0.15, 0.2) is 24.3 Å². The molecule has 2 heterocycles. The fraction of sp³-hybridized carbons (Fsp3) is 0.348. The zero-order chi connectivity index (χ0) is 24.6. The van der Waals surface area contributed by atoms with E-state index in [1.807, 2.05) is 6.92 Å². The number of methoxy groups -OCH3 is 1. The zero-order valence-corrected chi connectivity index (χ0v) is 19.2. The summed E-state index contributed by atoms with van der Waals surface area (Å²) in [5.74, 6) is -4.49. The number of hydrogen-bond acceptors (Lipinski definition) is 6. The number of anilines is 2. The van der Waals surface area contributed by atoms with E-state index in [2.05, 4.69) is 10.6 Å². The summed E-state index contributed by atoms with van der Waals surface area (Å²) in [4.78, 5) is 37.3. The van der Waals surface area contributed by atoms with E-state index in [9.17, 15) is 18.8 Å². The molecule has 2 aliphatic heterocycles. The smallest absolute Gasteiger partial charge is 0.412 e. The fourth-order valence-corrected chi connectivity index (χ4v) is 4.18. The monoisotopic (exact) mass is 493 g/mol. The number of nitrogens with one attached hydrogen (secondary N) is 2. The molecule has 2 aliphatic rings. The van der Waals surface area contributed by atoms with Crippen molar-refractivity contribution in [3.63, 3.8) is 0 Å². The van der Waals surface area contributed by atoms with Crippen molar-refractivity contribution in [2.45, 2.75) is 31.8 Å². The summed E-state index contributed by atoms with van der Waals surface area (Å²) < 4.78 is 40.7. The molecule has 0 aliphatic carbocycles. The number of halogens is 3. The van der Waals surface area contributed by atoms with Crippen molar-refractivity contribution in [3.8, 4) is 5.75 Å². The molecule has 2 saturated heterocycles. The molecule has 0 aromatic heterocycles. The lowest BCUT2D eigenvalue weighted by Crippen LogP contribution is -2.53. The molecule has 0 spiro atoms. The van der Waals surface area contributed by atoms with E-state index in [1.165, 1.54) is 7.11 Å². The second-order valence-electron chi connectivity index (χ2n) is 8.16. The average Bonchev–Trinajstić information content (AvgIpc) is 2.74. The van der Waals surface area contributed by atoms with Gasteiger partial charge in [0, 0.05) is 28.8 Å². The molecule has 11 heteroatoms. The highest BCUT2D eigenvalue weighted by molar-refractivity contribution is 6.31. The highest BCUT2D eigenvalue weighted by Gasteiger charge is 2.38. The summed E-state index contributed by atoms with van der Waals surface area (Å²) in [5.41, 5.74) is 1.05. The first-order valence-electron chi connectivity index (χ1n) is 10.6. The van der Waals surface area contributed by atoms with Gasteiger partial charge in [-0.05, 0) is 31.0 Å². The van der Waals surface area contributed by atoms with Gasteiger partial charge in [-0.3, -0.25) is 20.2 Å². The second kappa shape index (κ2) is 9.46. The molecule has 0 bridgehead atoms. The third-order valence-corrected chi connectivity index (χ3v) is 6.27. The minimum absolute atomic E-state index is 0.00193. The first-order chi connectivity index (χ1) is 16.2. The van der Waals surface area contributed by atoms with Crippen molar-refractivity contribution in [2.24, 2.45) is 0 Å². The van der Waals surface area contributed by atoms with Crippen LogP contribution in [-0.4, -0.2) is 44.2 Å². The minimum Gasteiger partial charge on any atom is -0.492 e. The topological polar surface area (TPSA) is 97.0 Å². The van der Waals surface area contributed by atoms with Crippen LogP contribution < -0.4 is 20.3 Å². The number of rotatable bonds is 5. The second-order valence-corrected chi connectivity index (χ2v) is 8.57. The van der Waals surface area contributed by atoms with Crippen LogP contribution in [0.4, 0.5) is 25.0 Å². The van der Waals surface area contributed by atoms with Crippen molar-refractivity contribution >= 4 is 40.9 Å². The molecule has 1 unspecified atom stereocenters. The standard InChI is InChI=1S/C23H22ClF2N3O5/c1-11-3-4-12(7-15(11)24)27-23(32)34-13-9-29(10-13)17-8-16(25)19(20(26)21(17)33-2)14-5-6-18(30)28-22(14)31/h3-4,7-8,13-14H,5-6,9-10H2,1-2H3,(H,27,32)(H,28,30,31). The highest BCUT2D eigenvalue weighted by atomic mass is 35.5. The van der Waals surface area contributed by atoms with Gasteiger partial charge in [0.05, 0.1) is 31.8 Å². The summed E-state index contributed by atoms with van der Waals surface area (Å²) in [7, 11) is 1.24. The Bertz CT molecular complexity index is 1170. The van der Waals surface area contributed by atoms with Crippen LogP contribution in [0.1, 0.15) is 29.9 Å². The van der Waals surface area contributed by atoms with Gasteiger partial charge in [0.2, 0.25) is 11.8 Å². The van der Waals surface area contributed by atoms with Crippen molar-refractivity contribution in [1.82, 2.24) is 5.32 Å². The SMILES string of the molecule is COc1c(N2CC(OC(=O)Nc3ccc(C)c(Cl)c3)C2)cc(F)c(C2CCC(=O)NC2=O)c1F. The molecule has 2 aromatic carbocycles. The summed E-state index contributed by atoms with van der Waals surface area (Å²) >= 11 is 6.05. The Morgan fingerprint density at radius 3 is 2.62 bits per heavy atom. The predicted octanol–water partition coefficient (Wildman–Crippen LogP) is 3.89. The number of benzene rings is 2. The van der Waals surface area contributed by atoms with Crippen molar-refractivity contribution in [2.75, 3.05) is 30.4 Å². The van der Waals surface area contributed by atoms with Gasteiger partial charge < -0.3 is 14.4 Å². The Hall–Kier alpha value is -3.40. The quantitative estimate of drug-likeness (QED) is 0.613. The summed E-state index contributed by atoms with van der Waals surface area (Å²) in [5, 5.41) is 5.19. The van der Waals surface area contributed by atoms with Gasteiger partial charge in [-0.2, -0.15) is 0 Å². The largest absolute Gasteiger partial charge is 0.492 e. The Morgan fingerprint density at radius 2 is 1.97 bits per heavy atom. The number of carbonyl (C=O) groups excluding carboxylic acids is 3. The van der Waals surface area contributed by atoms with E-state index in [1.54, 1.807) is 23.1 Å². The van der Waals surface area contributed by atoms with Crippen LogP contribution in [0.25, 0.3) is 0 Å². The summed E-state index contributed by atoms with van der Waals surface area (Å²) in [6.07, 6.45) is -1.20. The average molecular weight is 494 g/mol. The molecular formula is C23H22ClF2N3O5. The van der Waals surface area contributed by atoms with Crippen LogP contribution in [0, 0.1) is 18.6 Å². The van der Waals surface area contributed by atoms with Crippen molar-refractivity contribution in [1.29, 1.82) is 0 Å². The van der Waals surface area contributed by atoms with Crippen molar-refractivity contribution < 1.29 is 32.6 Å². The number of nitrogens with zero attached hydrogens (tertiary/aromatic N) is 1. The Kier molecular flexibility index (Phi) is 6.60. The summed E-state index contributed by atoms with van der Waals surface area (Å²) in [6, 6.07) is 6.14. The lowest BCUT2D eigenvalue weighted by molar-refractivity contribution is -0.134. The third kappa shape index (κ3) is 4.63. The van der Waals surface area contributed by atoms with Gasteiger partial charge in [0.1, 0.15) is 11.9 Å². The number of carbonyl (C=O) groups is 3. The third-order valence-electron chi connectivity index (χ3n) is 5.86. The van der Waals surface area contributed by atoms with E-state index >= 15 is 4.39 Å². The van der Waals surface area contributed by atoms with Crippen molar-refractivity contribution in [3.05, 3.63) is 52.0 Å². The number of aryl methyl sites for hydroxylation is 1. The van der Waals surface area contributed by atoms with Gasteiger partial charge in [-0.1, -0.05) is 17.7 Å². The van der Waals surface area contributed by atoms with Gasteiger partial charge in [0.15, 0.2) is 11.6 Å². The van der Waals surface area contributed by atoms with Gasteiger partial charge in [-0.25, -0.2) is 13.6 Å². The number of hydrogen-bond donors (Lipinski definition) is 2. The molecular weight excluding hydrogens is 472 g/mol. The van der Waals surface area contributed by atoms with Crippen LogP contribution in [0.3, 0.4) is 0 Å². The number of amides is 3. The molecule has 0 radical (unpaired) electrons. The Morgan fingerprint density at radius 1 is 1.24 bits per heavy atom. The molecule has 2 aromatic rings. The van der Waals surface area contributed by atoms with E-state index in [0.717, 1.165) is 11.6 Å². The lowest BCUT2D eigenvalue weighted by Gasteiger charge is -2.40. The molecule has 2 fully saturated rings. The Labute approximate surface area is 199 Å². The molecule has 2 N–H and O–H groups in total. The highest BCUT2D eigenvalue weighted by Crippen LogP contribution is 2.41. The molecule has 34 heavy (non-hydrogen) atoms. The van der Waals surface area contributed by atoms with E-state index in [-0.39, 0.29) is 37.4 Å². The molecule has 4 rings (SSSR count). The maximum absolute atomic E-state index is 15.2. The van der Waals surface area contributed by atoms with Crippen LogP contribution in [0.5, 0.6) is 5.75 Å².